The Morgan fingerprint density at radius 1 is 1.14 bits per heavy atom. The number of fused-ring (bicyclic) bond motifs is 6. The van der Waals surface area contributed by atoms with Gasteiger partial charge < -0.3 is 10.1 Å². The van der Waals surface area contributed by atoms with Crippen molar-refractivity contribution in [2.45, 2.75) is 12.5 Å². The quantitative estimate of drug-likeness (QED) is 0.690. The largest absolute Gasteiger partial charge is 0.493 e. The molecule has 2 aliphatic heterocycles. The van der Waals surface area contributed by atoms with Crippen molar-refractivity contribution in [3.8, 4) is 5.75 Å². The molecular weight excluding hydrogens is 282 g/mol. The molecule has 0 saturated heterocycles. The van der Waals surface area contributed by atoms with E-state index >= 15 is 0 Å². The van der Waals surface area contributed by atoms with Crippen LogP contribution in [0.5, 0.6) is 5.75 Å². The molecule has 1 N–H and O–H groups in total. The molecule has 0 spiro atoms. The van der Waals surface area contributed by atoms with Crippen molar-refractivity contribution in [1.29, 1.82) is 0 Å². The maximum Gasteiger partial charge on any atom is 0.128 e. The zero-order chi connectivity index (χ0) is 13.8. The van der Waals surface area contributed by atoms with Crippen molar-refractivity contribution in [2.75, 3.05) is 11.9 Å². The molecule has 0 bridgehead atoms. The molecular formula is C16H13N3OS. The van der Waals surface area contributed by atoms with Crippen LogP contribution in [0.2, 0.25) is 0 Å². The number of ether oxygens (including phenoxy) is 1. The average molecular weight is 295 g/mol. The van der Waals surface area contributed by atoms with Gasteiger partial charge in [0.25, 0.3) is 0 Å². The summed E-state index contributed by atoms with van der Waals surface area (Å²) in [5, 5.41) is 3.71. The summed E-state index contributed by atoms with van der Waals surface area (Å²) in [7, 11) is 0. The first kappa shape index (κ1) is 11.5. The number of aromatic nitrogens is 2. The summed E-state index contributed by atoms with van der Waals surface area (Å²) in [6.07, 6.45) is 1.02. The van der Waals surface area contributed by atoms with Crippen molar-refractivity contribution < 1.29 is 4.74 Å². The maximum absolute atomic E-state index is 5.91. The fraction of sp³-hybridized carbons (Fsp3) is 0.250. The van der Waals surface area contributed by atoms with E-state index in [0.717, 1.165) is 35.5 Å². The van der Waals surface area contributed by atoms with Crippen LogP contribution in [0.25, 0.3) is 11.0 Å². The molecule has 2 aromatic carbocycles. The molecule has 21 heavy (non-hydrogen) atoms. The Labute approximate surface area is 126 Å². The molecule has 1 aromatic heterocycles. The fourth-order valence-corrected chi connectivity index (χ4v) is 3.99. The van der Waals surface area contributed by atoms with E-state index in [1.54, 1.807) is 0 Å². The Hall–Kier alpha value is -2.14. The first-order valence-electron chi connectivity index (χ1n) is 7.12. The zero-order valence-electron chi connectivity index (χ0n) is 11.2. The Balaban J connectivity index is 1.67. The van der Waals surface area contributed by atoms with E-state index in [1.165, 1.54) is 22.9 Å². The van der Waals surface area contributed by atoms with Crippen LogP contribution in [0.3, 0.4) is 0 Å². The molecule has 0 saturated carbocycles. The number of nitrogens with one attached hydrogen (secondary N) is 1. The summed E-state index contributed by atoms with van der Waals surface area (Å²) in [4.78, 5) is 0. The van der Waals surface area contributed by atoms with Gasteiger partial charge in [-0.2, -0.15) is 8.75 Å². The lowest BCUT2D eigenvalue weighted by molar-refractivity contribution is 0.197. The van der Waals surface area contributed by atoms with E-state index in [4.69, 9.17) is 4.74 Å². The summed E-state index contributed by atoms with van der Waals surface area (Å²) in [6.45, 7) is 0.765. The molecule has 2 unspecified atom stereocenters. The van der Waals surface area contributed by atoms with Crippen LogP contribution >= 0.6 is 11.7 Å². The van der Waals surface area contributed by atoms with Crippen LogP contribution in [0, 0.1) is 5.92 Å². The van der Waals surface area contributed by atoms with Gasteiger partial charge >= 0.3 is 0 Å². The Morgan fingerprint density at radius 2 is 2.10 bits per heavy atom. The molecule has 4 nitrogen and oxygen atoms in total. The van der Waals surface area contributed by atoms with Gasteiger partial charge in [-0.05, 0) is 24.1 Å². The molecule has 3 aromatic rings. The smallest absolute Gasteiger partial charge is 0.128 e. The first-order chi connectivity index (χ1) is 10.4. The molecule has 2 aliphatic rings. The average Bonchev–Trinajstić information content (AvgIpc) is 3.02. The second-order valence-electron chi connectivity index (χ2n) is 5.67. The van der Waals surface area contributed by atoms with Crippen molar-refractivity contribution >= 4 is 28.4 Å². The molecule has 0 fully saturated rings. The lowest BCUT2D eigenvalue weighted by Crippen LogP contribution is -2.35. The van der Waals surface area contributed by atoms with Gasteiger partial charge in [0.15, 0.2) is 0 Å². The number of para-hydroxylation sites is 1. The normalized spacial score (nSPS) is 22.7. The second-order valence-corrected chi connectivity index (χ2v) is 6.20. The maximum atomic E-state index is 5.91. The number of benzene rings is 2. The molecule has 0 radical (unpaired) electrons. The lowest BCUT2D eigenvalue weighted by Gasteiger charge is -2.39. The predicted molar refractivity (Wildman–Crippen MR) is 82.9 cm³/mol. The highest BCUT2D eigenvalue weighted by atomic mass is 32.1. The third kappa shape index (κ3) is 1.61. The van der Waals surface area contributed by atoms with E-state index < -0.39 is 0 Å². The summed E-state index contributed by atoms with van der Waals surface area (Å²) in [5.41, 5.74) is 5.70. The highest BCUT2D eigenvalue weighted by Crippen LogP contribution is 2.44. The van der Waals surface area contributed by atoms with Gasteiger partial charge in [0, 0.05) is 11.5 Å². The highest BCUT2D eigenvalue weighted by molar-refractivity contribution is 7.00. The van der Waals surface area contributed by atoms with E-state index in [0.29, 0.717) is 12.0 Å². The minimum atomic E-state index is 0.301. The van der Waals surface area contributed by atoms with Crippen LogP contribution in [0.1, 0.15) is 17.2 Å². The number of rotatable bonds is 0. The van der Waals surface area contributed by atoms with Gasteiger partial charge in [0.2, 0.25) is 0 Å². The molecule has 3 heterocycles. The summed E-state index contributed by atoms with van der Waals surface area (Å²) < 4.78 is 14.7. The highest BCUT2D eigenvalue weighted by Gasteiger charge is 2.35. The van der Waals surface area contributed by atoms with Crippen LogP contribution < -0.4 is 10.1 Å². The molecule has 2 atom stereocenters. The van der Waals surface area contributed by atoms with Gasteiger partial charge in [0.05, 0.1) is 30.1 Å². The number of hydrogen-bond donors (Lipinski definition) is 1. The van der Waals surface area contributed by atoms with E-state index in [-0.39, 0.29) is 0 Å². The first-order valence-corrected chi connectivity index (χ1v) is 7.85. The minimum absolute atomic E-state index is 0.301. The predicted octanol–water partition coefficient (Wildman–Crippen LogP) is 3.41. The minimum Gasteiger partial charge on any atom is -0.493 e. The van der Waals surface area contributed by atoms with Gasteiger partial charge in [-0.1, -0.05) is 24.3 Å². The Bertz CT molecular complexity index is 844. The SMILES string of the molecule is c1ccc2c(c1)OCC1Cc3ccc4nsnc4c3NC21. The second kappa shape index (κ2) is 4.18. The van der Waals surface area contributed by atoms with Gasteiger partial charge in [0.1, 0.15) is 16.8 Å². The molecule has 5 rings (SSSR count). The summed E-state index contributed by atoms with van der Waals surface area (Å²) in [5.74, 6) is 1.47. The van der Waals surface area contributed by atoms with Crippen molar-refractivity contribution in [2.24, 2.45) is 5.92 Å². The zero-order valence-corrected chi connectivity index (χ0v) is 12.1. The van der Waals surface area contributed by atoms with E-state index in [9.17, 15) is 0 Å². The van der Waals surface area contributed by atoms with Gasteiger partial charge in [-0.15, -0.1) is 0 Å². The Kier molecular flexibility index (Phi) is 2.29. The number of hydrogen-bond acceptors (Lipinski definition) is 5. The Morgan fingerprint density at radius 3 is 3.10 bits per heavy atom. The summed E-state index contributed by atoms with van der Waals surface area (Å²) in [6, 6.07) is 12.8. The monoisotopic (exact) mass is 295 g/mol. The van der Waals surface area contributed by atoms with E-state index in [1.807, 2.05) is 12.1 Å². The van der Waals surface area contributed by atoms with Crippen LogP contribution in [0.4, 0.5) is 5.69 Å². The number of nitrogens with zero attached hydrogens (tertiary/aromatic N) is 2. The molecule has 0 aliphatic carbocycles. The number of anilines is 1. The van der Waals surface area contributed by atoms with Gasteiger partial charge in [-0.3, -0.25) is 0 Å². The molecule has 5 heteroatoms. The van der Waals surface area contributed by atoms with Crippen LogP contribution in [0.15, 0.2) is 36.4 Å². The van der Waals surface area contributed by atoms with Gasteiger partial charge in [-0.25, -0.2) is 0 Å². The third-order valence-electron chi connectivity index (χ3n) is 4.47. The summed E-state index contributed by atoms with van der Waals surface area (Å²) >= 11 is 1.28. The van der Waals surface area contributed by atoms with Crippen LogP contribution in [-0.2, 0) is 6.42 Å². The van der Waals surface area contributed by atoms with Crippen molar-refractivity contribution in [3.63, 3.8) is 0 Å². The van der Waals surface area contributed by atoms with Crippen molar-refractivity contribution in [1.82, 2.24) is 8.75 Å². The topological polar surface area (TPSA) is 47.0 Å². The fourth-order valence-electron chi connectivity index (χ4n) is 3.45. The standard InChI is InChI=1S/C16H13N3OS/c1-2-4-13-11(3-1)14-10(8-20-13)7-9-5-6-12-16(15(9)17-14)19-21-18-12/h1-6,10,14,17H,7-8H2. The molecule has 104 valence electrons. The third-order valence-corrected chi connectivity index (χ3v) is 5.02. The van der Waals surface area contributed by atoms with Crippen LogP contribution in [-0.4, -0.2) is 15.4 Å². The molecule has 0 amide bonds. The van der Waals surface area contributed by atoms with Crippen molar-refractivity contribution in [3.05, 3.63) is 47.5 Å². The lowest BCUT2D eigenvalue weighted by atomic mass is 9.82. The van der Waals surface area contributed by atoms with E-state index in [2.05, 4.69) is 38.3 Å².